The fourth-order valence-electron chi connectivity index (χ4n) is 2.52. The van der Waals surface area contributed by atoms with Crippen molar-refractivity contribution in [2.75, 3.05) is 19.6 Å². The topological polar surface area (TPSA) is 75.7 Å². The van der Waals surface area contributed by atoms with Gasteiger partial charge in [0.2, 0.25) is 10.0 Å². The number of ether oxygens (including phenoxy) is 1. The highest BCUT2D eigenvalue weighted by atomic mass is 32.2. The Balaban J connectivity index is 2.17. The molecule has 1 amide bonds. The average molecular weight is 338 g/mol. The maximum atomic E-state index is 12.7. The van der Waals surface area contributed by atoms with E-state index in [1.54, 1.807) is 6.08 Å². The Morgan fingerprint density at radius 1 is 1.30 bits per heavy atom. The molecule has 0 aliphatic carbocycles. The average Bonchev–Trinajstić information content (AvgIpc) is 2.51. The summed E-state index contributed by atoms with van der Waals surface area (Å²) in [7, 11) is -3.58. The van der Waals surface area contributed by atoms with Crippen LogP contribution < -0.4 is 5.32 Å². The van der Waals surface area contributed by atoms with Gasteiger partial charge in [0.05, 0.1) is 17.1 Å². The highest BCUT2D eigenvalue weighted by Gasteiger charge is 2.32. The van der Waals surface area contributed by atoms with E-state index >= 15 is 0 Å². The van der Waals surface area contributed by atoms with E-state index in [0.29, 0.717) is 25.2 Å². The second-order valence-electron chi connectivity index (χ2n) is 5.60. The smallest absolute Gasteiger partial charge is 0.251 e. The lowest BCUT2D eigenvalue weighted by Gasteiger charge is -2.34. The van der Waals surface area contributed by atoms with Crippen LogP contribution in [0.3, 0.4) is 0 Å². The van der Waals surface area contributed by atoms with Gasteiger partial charge in [-0.05, 0) is 38.1 Å². The molecular formula is C16H22N2O4S. The number of hydrogen-bond donors (Lipinski definition) is 1. The molecule has 2 rings (SSSR count). The summed E-state index contributed by atoms with van der Waals surface area (Å²) < 4.78 is 32.4. The minimum Gasteiger partial charge on any atom is -0.373 e. The maximum Gasteiger partial charge on any atom is 0.251 e. The van der Waals surface area contributed by atoms with Gasteiger partial charge in [-0.15, -0.1) is 6.58 Å². The minimum absolute atomic E-state index is 0.141. The predicted molar refractivity (Wildman–Crippen MR) is 87.7 cm³/mol. The maximum absolute atomic E-state index is 12.7. The highest BCUT2D eigenvalue weighted by molar-refractivity contribution is 7.89. The van der Waals surface area contributed by atoms with Crippen LogP contribution in [0.1, 0.15) is 24.2 Å². The first-order chi connectivity index (χ1) is 10.8. The van der Waals surface area contributed by atoms with Crippen molar-refractivity contribution in [2.45, 2.75) is 31.0 Å². The monoisotopic (exact) mass is 338 g/mol. The summed E-state index contributed by atoms with van der Waals surface area (Å²) in [5, 5.41) is 2.65. The molecule has 0 saturated carbocycles. The van der Waals surface area contributed by atoms with Crippen molar-refractivity contribution in [3.05, 3.63) is 42.5 Å². The third-order valence-corrected chi connectivity index (χ3v) is 5.39. The molecule has 1 aliphatic rings. The molecule has 1 aromatic carbocycles. The quantitative estimate of drug-likeness (QED) is 0.824. The number of rotatable bonds is 5. The number of hydrogen-bond acceptors (Lipinski definition) is 4. The van der Waals surface area contributed by atoms with Crippen LogP contribution >= 0.6 is 0 Å². The lowest BCUT2D eigenvalue weighted by atomic mass is 10.2. The van der Waals surface area contributed by atoms with E-state index in [2.05, 4.69) is 11.9 Å². The zero-order valence-corrected chi connectivity index (χ0v) is 14.2. The number of amides is 1. The van der Waals surface area contributed by atoms with Crippen LogP contribution in [0.25, 0.3) is 0 Å². The van der Waals surface area contributed by atoms with Gasteiger partial charge in [-0.3, -0.25) is 4.79 Å². The van der Waals surface area contributed by atoms with Gasteiger partial charge in [0.15, 0.2) is 0 Å². The van der Waals surface area contributed by atoms with Crippen LogP contribution in [0.5, 0.6) is 0 Å². The zero-order valence-electron chi connectivity index (χ0n) is 13.4. The third kappa shape index (κ3) is 4.19. The molecule has 1 N–H and O–H groups in total. The van der Waals surface area contributed by atoms with E-state index in [-0.39, 0.29) is 23.0 Å². The number of morpholine rings is 1. The van der Waals surface area contributed by atoms with Crippen LogP contribution in [-0.2, 0) is 14.8 Å². The molecule has 23 heavy (non-hydrogen) atoms. The van der Waals surface area contributed by atoms with E-state index in [9.17, 15) is 13.2 Å². The van der Waals surface area contributed by atoms with E-state index in [1.807, 2.05) is 13.8 Å². The summed E-state index contributed by atoms with van der Waals surface area (Å²) in [6, 6.07) is 5.95. The number of benzene rings is 1. The van der Waals surface area contributed by atoms with E-state index in [1.165, 1.54) is 28.6 Å². The summed E-state index contributed by atoms with van der Waals surface area (Å²) >= 11 is 0. The highest BCUT2D eigenvalue weighted by Crippen LogP contribution is 2.21. The Kier molecular flexibility index (Phi) is 5.56. The SMILES string of the molecule is C=CCNC(=O)c1ccc(S(=O)(=O)N2C[C@@H](C)O[C@H](C)C2)cc1. The van der Waals surface area contributed by atoms with Gasteiger partial charge in [-0.2, -0.15) is 4.31 Å². The summed E-state index contributed by atoms with van der Waals surface area (Å²) in [5.74, 6) is -0.262. The number of carbonyl (C=O) groups is 1. The van der Waals surface area contributed by atoms with Gasteiger partial charge in [-0.1, -0.05) is 6.08 Å². The van der Waals surface area contributed by atoms with Crippen molar-refractivity contribution in [3.8, 4) is 0 Å². The Labute approximate surface area is 137 Å². The molecule has 0 unspecified atom stereocenters. The van der Waals surface area contributed by atoms with Gasteiger partial charge in [0.25, 0.3) is 5.91 Å². The van der Waals surface area contributed by atoms with Gasteiger partial charge in [0.1, 0.15) is 0 Å². The lowest BCUT2D eigenvalue weighted by Crippen LogP contribution is -2.48. The Bertz CT molecular complexity index is 660. The molecule has 1 aromatic rings. The molecule has 0 radical (unpaired) electrons. The van der Waals surface area contributed by atoms with Crippen molar-refractivity contribution in [3.63, 3.8) is 0 Å². The van der Waals surface area contributed by atoms with Crippen molar-refractivity contribution in [1.29, 1.82) is 0 Å². The van der Waals surface area contributed by atoms with Crippen LogP contribution in [0.2, 0.25) is 0 Å². The molecule has 0 bridgehead atoms. The molecule has 126 valence electrons. The Morgan fingerprint density at radius 3 is 2.39 bits per heavy atom. The summed E-state index contributed by atoms with van der Waals surface area (Å²) in [6.45, 7) is 8.25. The largest absolute Gasteiger partial charge is 0.373 e. The lowest BCUT2D eigenvalue weighted by molar-refractivity contribution is -0.0440. The summed E-state index contributed by atoms with van der Waals surface area (Å²) in [4.78, 5) is 12.0. The number of nitrogens with one attached hydrogen (secondary N) is 1. The van der Waals surface area contributed by atoms with E-state index < -0.39 is 10.0 Å². The molecule has 2 atom stereocenters. The second kappa shape index (κ2) is 7.25. The normalized spacial score (nSPS) is 22.5. The zero-order chi connectivity index (χ0) is 17.0. The van der Waals surface area contributed by atoms with Crippen molar-refractivity contribution >= 4 is 15.9 Å². The van der Waals surface area contributed by atoms with Crippen LogP contribution in [0, 0.1) is 0 Å². The molecule has 0 aromatic heterocycles. The first-order valence-electron chi connectivity index (χ1n) is 7.49. The van der Waals surface area contributed by atoms with Crippen LogP contribution in [0.4, 0.5) is 0 Å². The molecule has 1 fully saturated rings. The van der Waals surface area contributed by atoms with Gasteiger partial charge in [-0.25, -0.2) is 8.42 Å². The van der Waals surface area contributed by atoms with E-state index in [0.717, 1.165) is 0 Å². The molecule has 0 spiro atoms. The summed E-state index contributed by atoms with van der Waals surface area (Å²) in [5.41, 5.74) is 0.412. The molecule has 1 aliphatic heterocycles. The molecule has 1 saturated heterocycles. The fraction of sp³-hybridized carbons (Fsp3) is 0.438. The van der Waals surface area contributed by atoms with Crippen molar-refractivity contribution in [2.24, 2.45) is 0 Å². The molecule has 7 heteroatoms. The third-order valence-electron chi connectivity index (χ3n) is 3.55. The summed E-state index contributed by atoms with van der Waals surface area (Å²) in [6.07, 6.45) is 1.30. The van der Waals surface area contributed by atoms with Crippen LogP contribution in [-0.4, -0.2) is 50.5 Å². The van der Waals surface area contributed by atoms with E-state index in [4.69, 9.17) is 4.74 Å². The Hall–Kier alpha value is -1.70. The second-order valence-corrected chi connectivity index (χ2v) is 7.54. The minimum atomic E-state index is -3.58. The molecular weight excluding hydrogens is 316 g/mol. The van der Waals surface area contributed by atoms with Crippen LogP contribution in [0.15, 0.2) is 41.8 Å². The van der Waals surface area contributed by atoms with Crippen molar-refractivity contribution in [1.82, 2.24) is 9.62 Å². The number of carbonyl (C=O) groups excluding carboxylic acids is 1. The first kappa shape index (κ1) is 17.7. The molecule has 6 nitrogen and oxygen atoms in total. The Morgan fingerprint density at radius 2 is 1.87 bits per heavy atom. The predicted octanol–water partition coefficient (Wildman–Crippen LogP) is 1.40. The fourth-order valence-corrected chi connectivity index (χ4v) is 4.11. The number of nitrogens with zero attached hydrogens (tertiary/aromatic N) is 1. The first-order valence-corrected chi connectivity index (χ1v) is 8.93. The van der Waals surface area contributed by atoms with Gasteiger partial charge >= 0.3 is 0 Å². The standard InChI is InChI=1S/C16H22N2O4S/c1-4-9-17-16(19)14-5-7-15(8-6-14)23(20,21)18-10-12(2)22-13(3)11-18/h4-8,12-13H,1,9-11H2,2-3H3,(H,17,19)/t12-,13-/m1/s1. The van der Waals surface area contributed by atoms with Gasteiger partial charge < -0.3 is 10.1 Å². The molecule has 1 heterocycles. The van der Waals surface area contributed by atoms with Gasteiger partial charge in [0, 0.05) is 25.2 Å². The number of sulfonamides is 1. The van der Waals surface area contributed by atoms with Crippen molar-refractivity contribution < 1.29 is 17.9 Å².